The molecule has 3 aromatic rings. The van der Waals surface area contributed by atoms with Gasteiger partial charge < -0.3 is 10.1 Å². The lowest BCUT2D eigenvalue weighted by Gasteiger charge is -2.26. The highest BCUT2D eigenvalue weighted by molar-refractivity contribution is 7.92. The molecule has 1 atom stereocenters. The second-order valence-electron chi connectivity index (χ2n) is 8.06. The van der Waals surface area contributed by atoms with Crippen LogP contribution in [0.5, 0.6) is 5.75 Å². The first-order valence-corrected chi connectivity index (χ1v) is 12.4. The molecule has 34 heavy (non-hydrogen) atoms. The van der Waals surface area contributed by atoms with Crippen molar-refractivity contribution >= 4 is 21.6 Å². The molecule has 0 aliphatic rings. The highest BCUT2D eigenvalue weighted by atomic mass is 32.2. The van der Waals surface area contributed by atoms with Crippen molar-refractivity contribution in [2.24, 2.45) is 0 Å². The highest BCUT2D eigenvalue weighted by Crippen LogP contribution is 2.26. The fourth-order valence-corrected chi connectivity index (χ4v) is 5.09. The molecule has 1 amide bonds. The first-order valence-electron chi connectivity index (χ1n) is 10.9. The summed E-state index contributed by atoms with van der Waals surface area (Å²) >= 11 is 0. The van der Waals surface area contributed by atoms with Crippen molar-refractivity contribution in [3.63, 3.8) is 0 Å². The molecule has 3 aromatic carbocycles. The number of aryl methyl sites for hydroxylation is 2. The van der Waals surface area contributed by atoms with Crippen LogP contribution in [-0.4, -0.2) is 28.0 Å². The van der Waals surface area contributed by atoms with Gasteiger partial charge in [0.25, 0.3) is 10.0 Å². The lowest BCUT2D eigenvalue weighted by atomic mass is 10.0. The molecule has 0 bridgehead atoms. The van der Waals surface area contributed by atoms with Crippen LogP contribution < -0.4 is 14.4 Å². The number of ether oxygens (including phenoxy) is 1. The van der Waals surface area contributed by atoms with E-state index < -0.39 is 28.3 Å². The first kappa shape index (κ1) is 25.2. The Balaban J connectivity index is 1.89. The van der Waals surface area contributed by atoms with Crippen LogP contribution in [0.3, 0.4) is 0 Å². The van der Waals surface area contributed by atoms with Gasteiger partial charge in [0.15, 0.2) is 0 Å². The van der Waals surface area contributed by atoms with Crippen LogP contribution in [0, 0.1) is 19.7 Å². The van der Waals surface area contributed by atoms with Gasteiger partial charge in [0.05, 0.1) is 23.7 Å². The Hall–Kier alpha value is -3.39. The summed E-state index contributed by atoms with van der Waals surface area (Å²) in [5.41, 5.74) is 2.93. The SMILES string of the molecule is CCC(NC(=O)CN(c1ccc(F)cc1)S(=O)(=O)c1ccc(C)cc1)c1ccc(OC)c(C)c1. The number of carbonyl (C=O) groups excluding carboxylic acids is 1. The van der Waals surface area contributed by atoms with E-state index in [1.165, 1.54) is 36.4 Å². The van der Waals surface area contributed by atoms with Crippen molar-refractivity contribution in [1.29, 1.82) is 0 Å². The number of benzene rings is 3. The van der Waals surface area contributed by atoms with E-state index >= 15 is 0 Å². The molecule has 0 aliphatic heterocycles. The summed E-state index contributed by atoms with van der Waals surface area (Å²) in [5, 5.41) is 2.93. The van der Waals surface area contributed by atoms with Crippen LogP contribution in [0.2, 0.25) is 0 Å². The maximum absolute atomic E-state index is 13.5. The molecule has 0 aromatic heterocycles. The van der Waals surface area contributed by atoms with E-state index in [9.17, 15) is 17.6 Å². The van der Waals surface area contributed by atoms with Gasteiger partial charge in [0.2, 0.25) is 5.91 Å². The van der Waals surface area contributed by atoms with E-state index in [0.29, 0.717) is 6.42 Å². The van der Waals surface area contributed by atoms with Crippen molar-refractivity contribution in [1.82, 2.24) is 5.32 Å². The minimum absolute atomic E-state index is 0.0491. The van der Waals surface area contributed by atoms with E-state index in [4.69, 9.17) is 4.74 Å². The molecule has 8 heteroatoms. The third kappa shape index (κ3) is 5.75. The number of halogens is 1. The quantitative estimate of drug-likeness (QED) is 0.468. The van der Waals surface area contributed by atoms with Gasteiger partial charge in [-0.2, -0.15) is 0 Å². The number of methoxy groups -OCH3 is 1. The fraction of sp³-hybridized carbons (Fsp3) is 0.269. The largest absolute Gasteiger partial charge is 0.496 e. The van der Waals surface area contributed by atoms with Crippen molar-refractivity contribution < 1.29 is 22.3 Å². The van der Waals surface area contributed by atoms with Crippen LogP contribution in [0.1, 0.15) is 36.1 Å². The summed E-state index contributed by atoms with van der Waals surface area (Å²) < 4.78 is 46.7. The molecule has 6 nitrogen and oxygen atoms in total. The average molecular weight is 485 g/mol. The summed E-state index contributed by atoms with van der Waals surface area (Å²) in [6.07, 6.45) is 0.610. The van der Waals surface area contributed by atoms with E-state index in [2.05, 4.69) is 5.32 Å². The van der Waals surface area contributed by atoms with Gasteiger partial charge in [-0.15, -0.1) is 0 Å². The maximum Gasteiger partial charge on any atom is 0.264 e. The minimum Gasteiger partial charge on any atom is -0.496 e. The van der Waals surface area contributed by atoms with Crippen LogP contribution in [0.4, 0.5) is 10.1 Å². The van der Waals surface area contributed by atoms with Crippen molar-refractivity contribution in [2.75, 3.05) is 18.0 Å². The topological polar surface area (TPSA) is 75.7 Å². The molecule has 0 saturated heterocycles. The van der Waals surface area contributed by atoms with E-state index in [1.54, 1.807) is 19.2 Å². The maximum atomic E-state index is 13.5. The van der Waals surface area contributed by atoms with Gasteiger partial charge >= 0.3 is 0 Å². The zero-order chi connectivity index (χ0) is 24.9. The number of hydrogen-bond acceptors (Lipinski definition) is 4. The van der Waals surface area contributed by atoms with Gasteiger partial charge in [-0.1, -0.05) is 36.8 Å². The number of hydrogen-bond donors (Lipinski definition) is 1. The zero-order valence-electron chi connectivity index (χ0n) is 19.7. The summed E-state index contributed by atoms with van der Waals surface area (Å²) in [6.45, 7) is 5.26. The Morgan fingerprint density at radius 2 is 1.68 bits per heavy atom. The number of nitrogens with one attached hydrogen (secondary N) is 1. The Kier molecular flexibility index (Phi) is 7.94. The Morgan fingerprint density at radius 3 is 2.24 bits per heavy atom. The number of amides is 1. The van der Waals surface area contributed by atoms with Gasteiger partial charge in [-0.3, -0.25) is 9.10 Å². The number of carbonyl (C=O) groups is 1. The van der Waals surface area contributed by atoms with Crippen molar-refractivity contribution in [3.8, 4) is 5.75 Å². The second kappa shape index (κ2) is 10.7. The lowest BCUT2D eigenvalue weighted by Crippen LogP contribution is -2.42. The molecular formula is C26H29FN2O4S. The third-order valence-electron chi connectivity index (χ3n) is 5.58. The average Bonchev–Trinajstić information content (AvgIpc) is 2.82. The summed E-state index contributed by atoms with van der Waals surface area (Å²) in [5.74, 6) is -0.223. The Labute approximate surface area is 200 Å². The minimum atomic E-state index is -4.07. The molecule has 0 aliphatic carbocycles. The number of anilines is 1. The molecule has 0 saturated carbocycles. The van der Waals surface area contributed by atoms with E-state index in [-0.39, 0.29) is 16.6 Å². The summed E-state index contributed by atoms with van der Waals surface area (Å²) in [6, 6.07) is 16.7. The van der Waals surface area contributed by atoms with Gasteiger partial charge in [0, 0.05) is 0 Å². The zero-order valence-corrected chi connectivity index (χ0v) is 20.5. The normalized spacial score (nSPS) is 12.1. The molecular weight excluding hydrogens is 455 g/mol. The standard InChI is InChI=1S/C26H29FN2O4S/c1-5-24(20-8-15-25(33-4)19(3)16-20)28-26(30)17-29(22-11-9-21(27)10-12-22)34(31,32)23-13-6-18(2)7-14-23/h6-16,24H,5,17H2,1-4H3,(H,28,30). The third-order valence-corrected chi connectivity index (χ3v) is 7.36. The van der Waals surface area contributed by atoms with Gasteiger partial charge in [-0.05, 0) is 73.9 Å². The smallest absolute Gasteiger partial charge is 0.264 e. The van der Waals surface area contributed by atoms with Crippen LogP contribution in [0.25, 0.3) is 0 Å². The predicted octanol–water partition coefficient (Wildman–Crippen LogP) is 4.91. The van der Waals surface area contributed by atoms with Gasteiger partial charge in [0.1, 0.15) is 18.1 Å². The molecule has 0 fully saturated rings. The Bertz CT molecular complexity index is 1240. The van der Waals surface area contributed by atoms with Crippen molar-refractivity contribution in [3.05, 3.63) is 89.2 Å². The van der Waals surface area contributed by atoms with Crippen molar-refractivity contribution in [2.45, 2.75) is 38.1 Å². The van der Waals surface area contributed by atoms with Crippen LogP contribution in [-0.2, 0) is 14.8 Å². The summed E-state index contributed by atoms with van der Waals surface area (Å²) in [7, 11) is -2.47. The predicted molar refractivity (Wildman–Crippen MR) is 131 cm³/mol. The molecule has 180 valence electrons. The molecule has 0 radical (unpaired) electrons. The van der Waals surface area contributed by atoms with Gasteiger partial charge in [-0.25, -0.2) is 12.8 Å². The number of rotatable bonds is 9. The van der Waals surface area contributed by atoms with E-state index in [0.717, 1.165) is 26.7 Å². The molecule has 0 spiro atoms. The highest BCUT2D eigenvalue weighted by Gasteiger charge is 2.28. The monoisotopic (exact) mass is 484 g/mol. The second-order valence-corrected chi connectivity index (χ2v) is 9.92. The molecule has 1 N–H and O–H groups in total. The Morgan fingerprint density at radius 1 is 1.03 bits per heavy atom. The number of nitrogens with zero attached hydrogens (tertiary/aromatic N) is 1. The lowest BCUT2D eigenvalue weighted by molar-refractivity contribution is -0.120. The first-order chi connectivity index (χ1) is 16.1. The fourth-order valence-electron chi connectivity index (χ4n) is 3.67. The van der Waals surface area contributed by atoms with Crippen LogP contribution >= 0.6 is 0 Å². The van der Waals surface area contributed by atoms with Crippen LogP contribution in [0.15, 0.2) is 71.6 Å². The number of sulfonamides is 1. The summed E-state index contributed by atoms with van der Waals surface area (Å²) in [4.78, 5) is 13.1. The molecule has 3 rings (SSSR count). The van der Waals surface area contributed by atoms with E-state index in [1.807, 2.05) is 39.0 Å². The molecule has 1 unspecified atom stereocenters. The molecule has 0 heterocycles.